The molecule has 0 saturated heterocycles. The number of benzene rings is 2. The van der Waals surface area contributed by atoms with Crippen LogP contribution in [0.1, 0.15) is 29.5 Å². The zero-order valence-electron chi connectivity index (χ0n) is 12.3. The van der Waals surface area contributed by atoms with Crippen LogP contribution in [0, 0.1) is 5.92 Å². The molecule has 0 spiro atoms. The number of carboxylic acid groups (broad SMARTS) is 1. The SMILES string of the molecule is O=C(O)C(NC(=O)C1CC1c1ccccc1)c1ccccc1O. The zero-order chi connectivity index (χ0) is 16.4. The van der Waals surface area contributed by atoms with Gasteiger partial charge in [0.05, 0.1) is 0 Å². The molecular formula is C18H17NO4. The van der Waals surface area contributed by atoms with Gasteiger partial charge in [-0.25, -0.2) is 4.79 Å². The number of amides is 1. The third-order valence-corrected chi connectivity index (χ3v) is 4.14. The molecule has 3 rings (SSSR count). The Kier molecular flexibility index (Phi) is 4.02. The van der Waals surface area contributed by atoms with Gasteiger partial charge < -0.3 is 15.5 Å². The Labute approximate surface area is 133 Å². The Balaban J connectivity index is 1.71. The van der Waals surface area contributed by atoms with Crippen molar-refractivity contribution in [2.45, 2.75) is 18.4 Å². The predicted molar refractivity (Wildman–Crippen MR) is 83.9 cm³/mol. The van der Waals surface area contributed by atoms with Crippen LogP contribution in [0.15, 0.2) is 54.6 Å². The fourth-order valence-electron chi connectivity index (χ4n) is 2.81. The van der Waals surface area contributed by atoms with Crippen molar-refractivity contribution >= 4 is 11.9 Å². The van der Waals surface area contributed by atoms with E-state index in [1.54, 1.807) is 12.1 Å². The zero-order valence-corrected chi connectivity index (χ0v) is 12.3. The topological polar surface area (TPSA) is 86.6 Å². The van der Waals surface area contributed by atoms with E-state index in [0.29, 0.717) is 6.42 Å². The van der Waals surface area contributed by atoms with Crippen LogP contribution in [0.3, 0.4) is 0 Å². The first-order valence-corrected chi connectivity index (χ1v) is 7.44. The quantitative estimate of drug-likeness (QED) is 0.791. The molecule has 3 unspecified atom stereocenters. The molecule has 0 bridgehead atoms. The first kappa shape index (κ1) is 15.1. The van der Waals surface area contributed by atoms with Crippen LogP contribution in [-0.4, -0.2) is 22.1 Å². The molecule has 3 atom stereocenters. The van der Waals surface area contributed by atoms with Crippen molar-refractivity contribution in [3.05, 3.63) is 65.7 Å². The van der Waals surface area contributed by atoms with E-state index in [1.165, 1.54) is 12.1 Å². The van der Waals surface area contributed by atoms with Crippen LogP contribution in [-0.2, 0) is 9.59 Å². The van der Waals surface area contributed by atoms with E-state index in [2.05, 4.69) is 5.32 Å². The minimum atomic E-state index is -1.25. The van der Waals surface area contributed by atoms with Gasteiger partial charge in [0.2, 0.25) is 5.91 Å². The number of carbonyl (C=O) groups is 2. The Bertz CT molecular complexity index is 729. The largest absolute Gasteiger partial charge is 0.508 e. The second kappa shape index (κ2) is 6.12. The number of carbonyl (C=O) groups excluding carboxylic acids is 1. The average Bonchev–Trinajstić information content (AvgIpc) is 3.34. The van der Waals surface area contributed by atoms with Crippen molar-refractivity contribution in [3.63, 3.8) is 0 Å². The Morgan fingerprint density at radius 1 is 1.04 bits per heavy atom. The highest BCUT2D eigenvalue weighted by molar-refractivity contribution is 5.88. The average molecular weight is 311 g/mol. The van der Waals surface area contributed by atoms with Gasteiger partial charge in [-0.15, -0.1) is 0 Å². The van der Waals surface area contributed by atoms with Crippen molar-refractivity contribution in [1.82, 2.24) is 5.32 Å². The Morgan fingerprint density at radius 3 is 2.35 bits per heavy atom. The van der Waals surface area contributed by atoms with Crippen molar-refractivity contribution in [2.75, 3.05) is 0 Å². The number of hydrogen-bond acceptors (Lipinski definition) is 3. The normalized spacial score (nSPS) is 20.5. The van der Waals surface area contributed by atoms with Gasteiger partial charge in [-0.05, 0) is 24.0 Å². The van der Waals surface area contributed by atoms with Crippen LogP contribution in [0.25, 0.3) is 0 Å². The number of phenolic OH excluding ortho intramolecular Hbond substituents is 1. The summed E-state index contributed by atoms with van der Waals surface area (Å²) in [6.45, 7) is 0. The van der Waals surface area contributed by atoms with Crippen molar-refractivity contribution < 1.29 is 19.8 Å². The molecule has 1 aliphatic carbocycles. The number of nitrogens with one attached hydrogen (secondary N) is 1. The maximum absolute atomic E-state index is 12.3. The van der Waals surface area contributed by atoms with E-state index in [-0.39, 0.29) is 29.1 Å². The summed E-state index contributed by atoms with van der Waals surface area (Å²) in [5, 5.41) is 21.7. The van der Waals surface area contributed by atoms with Gasteiger partial charge in [0.25, 0.3) is 0 Å². The monoisotopic (exact) mass is 311 g/mol. The van der Waals surface area contributed by atoms with Gasteiger partial charge in [-0.3, -0.25) is 4.79 Å². The van der Waals surface area contributed by atoms with Crippen LogP contribution in [0.5, 0.6) is 5.75 Å². The van der Waals surface area contributed by atoms with Gasteiger partial charge in [-0.1, -0.05) is 48.5 Å². The summed E-state index contributed by atoms with van der Waals surface area (Å²) in [5.41, 5.74) is 1.27. The molecule has 1 fully saturated rings. The third kappa shape index (κ3) is 3.18. The second-order valence-electron chi connectivity index (χ2n) is 5.70. The molecule has 0 aliphatic heterocycles. The first-order chi connectivity index (χ1) is 11.1. The summed E-state index contributed by atoms with van der Waals surface area (Å²) in [6.07, 6.45) is 0.711. The van der Waals surface area contributed by atoms with E-state index >= 15 is 0 Å². The summed E-state index contributed by atoms with van der Waals surface area (Å²) in [7, 11) is 0. The van der Waals surface area contributed by atoms with E-state index in [1.807, 2.05) is 30.3 Å². The van der Waals surface area contributed by atoms with Gasteiger partial charge in [0.1, 0.15) is 5.75 Å². The summed E-state index contributed by atoms with van der Waals surface area (Å²) >= 11 is 0. The molecule has 0 aromatic heterocycles. The predicted octanol–water partition coefficient (Wildman–Crippen LogP) is 2.44. The molecule has 2 aromatic carbocycles. The number of hydrogen-bond donors (Lipinski definition) is 3. The van der Waals surface area contributed by atoms with E-state index in [9.17, 15) is 19.8 Å². The van der Waals surface area contributed by atoms with Crippen LogP contribution < -0.4 is 5.32 Å². The second-order valence-corrected chi connectivity index (χ2v) is 5.70. The van der Waals surface area contributed by atoms with Crippen molar-refractivity contribution in [2.24, 2.45) is 5.92 Å². The van der Waals surface area contributed by atoms with Gasteiger partial charge in [0, 0.05) is 11.5 Å². The van der Waals surface area contributed by atoms with Gasteiger partial charge in [0.15, 0.2) is 6.04 Å². The number of phenols is 1. The van der Waals surface area contributed by atoms with E-state index in [4.69, 9.17) is 0 Å². The highest BCUT2D eigenvalue weighted by Gasteiger charge is 2.45. The lowest BCUT2D eigenvalue weighted by Gasteiger charge is -2.16. The Hall–Kier alpha value is -2.82. The fourth-order valence-corrected chi connectivity index (χ4v) is 2.81. The summed E-state index contributed by atoms with van der Waals surface area (Å²) in [6, 6.07) is 14.6. The van der Waals surface area contributed by atoms with Crippen LogP contribution in [0.2, 0.25) is 0 Å². The molecule has 1 aliphatic rings. The maximum Gasteiger partial charge on any atom is 0.331 e. The first-order valence-electron chi connectivity index (χ1n) is 7.44. The molecule has 0 heterocycles. The Morgan fingerprint density at radius 2 is 1.70 bits per heavy atom. The lowest BCUT2D eigenvalue weighted by Crippen LogP contribution is -2.35. The highest BCUT2D eigenvalue weighted by atomic mass is 16.4. The maximum atomic E-state index is 12.3. The fraction of sp³-hybridized carbons (Fsp3) is 0.222. The van der Waals surface area contributed by atoms with E-state index < -0.39 is 12.0 Å². The third-order valence-electron chi connectivity index (χ3n) is 4.14. The molecular weight excluding hydrogens is 294 g/mol. The summed E-state index contributed by atoms with van der Waals surface area (Å²) in [5.74, 6) is -1.72. The molecule has 1 amide bonds. The van der Waals surface area contributed by atoms with E-state index in [0.717, 1.165) is 5.56 Å². The summed E-state index contributed by atoms with van der Waals surface area (Å²) in [4.78, 5) is 23.8. The minimum absolute atomic E-state index is 0.134. The number of aromatic hydroxyl groups is 1. The molecule has 1 saturated carbocycles. The van der Waals surface area contributed by atoms with Crippen molar-refractivity contribution in [3.8, 4) is 5.75 Å². The lowest BCUT2D eigenvalue weighted by molar-refractivity contribution is -0.142. The standard InChI is InChI=1S/C18H17NO4/c20-15-9-5-4-8-12(15)16(18(22)23)19-17(21)14-10-13(14)11-6-2-1-3-7-11/h1-9,13-14,16,20H,10H2,(H,19,21)(H,22,23). The number of para-hydroxylation sites is 1. The molecule has 23 heavy (non-hydrogen) atoms. The molecule has 5 heteroatoms. The lowest BCUT2D eigenvalue weighted by atomic mass is 10.0. The number of rotatable bonds is 5. The number of aliphatic carboxylic acids is 1. The molecule has 0 radical (unpaired) electrons. The van der Waals surface area contributed by atoms with Crippen LogP contribution in [0.4, 0.5) is 0 Å². The summed E-state index contributed by atoms with van der Waals surface area (Å²) < 4.78 is 0. The molecule has 3 N–H and O–H groups in total. The number of carboxylic acids is 1. The molecule has 2 aromatic rings. The highest BCUT2D eigenvalue weighted by Crippen LogP contribution is 2.47. The van der Waals surface area contributed by atoms with Crippen molar-refractivity contribution in [1.29, 1.82) is 0 Å². The van der Waals surface area contributed by atoms with Gasteiger partial charge in [-0.2, -0.15) is 0 Å². The minimum Gasteiger partial charge on any atom is -0.508 e. The van der Waals surface area contributed by atoms with Gasteiger partial charge >= 0.3 is 5.97 Å². The smallest absolute Gasteiger partial charge is 0.331 e. The molecule has 118 valence electrons. The molecule has 5 nitrogen and oxygen atoms in total. The van der Waals surface area contributed by atoms with Crippen LogP contribution >= 0.6 is 0 Å².